The van der Waals surface area contributed by atoms with E-state index in [1.807, 2.05) is 0 Å². The molecule has 1 unspecified atom stereocenters. The lowest BCUT2D eigenvalue weighted by molar-refractivity contribution is 0.0697. The minimum atomic E-state index is -3.37. The summed E-state index contributed by atoms with van der Waals surface area (Å²) in [5, 5.41) is 8.68. The van der Waals surface area contributed by atoms with Gasteiger partial charge in [0.1, 0.15) is 20.6 Å². The third-order valence-corrected chi connectivity index (χ3v) is 4.19. The summed E-state index contributed by atoms with van der Waals surface area (Å²) in [5.41, 5.74) is 0.0333. The maximum atomic E-state index is 12.7. The van der Waals surface area contributed by atoms with E-state index in [9.17, 15) is 13.4 Å². The first-order chi connectivity index (χ1) is 8.91. The van der Waals surface area contributed by atoms with Crippen molar-refractivity contribution in [2.24, 2.45) is 0 Å². The smallest absolute Gasteiger partial charge is 0.335 e. The van der Waals surface area contributed by atoms with Gasteiger partial charge in [-0.05, 0) is 36.4 Å². The highest BCUT2D eigenvalue weighted by molar-refractivity contribution is 7.92. The number of benzene rings is 1. The van der Waals surface area contributed by atoms with Gasteiger partial charge in [-0.2, -0.15) is 0 Å². The van der Waals surface area contributed by atoms with Crippen LogP contribution in [0.15, 0.2) is 52.5 Å². The summed E-state index contributed by atoms with van der Waals surface area (Å²) in [6.07, 6.45) is 0.884. The highest BCUT2D eigenvalue weighted by Crippen LogP contribution is 2.20. The summed E-state index contributed by atoms with van der Waals surface area (Å²) in [5.74, 6) is -1.69. The van der Waals surface area contributed by atoms with Gasteiger partial charge >= 0.3 is 5.97 Å². The van der Waals surface area contributed by atoms with Gasteiger partial charge in [0.15, 0.2) is 0 Å². The second-order valence-electron chi connectivity index (χ2n) is 3.70. The van der Waals surface area contributed by atoms with Gasteiger partial charge in [-0.1, -0.05) is 0 Å². The minimum absolute atomic E-state index is 0.0333. The number of hydrogen-bond donors (Lipinski definition) is 2. The van der Waals surface area contributed by atoms with Crippen molar-refractivity contribution in [3.63, 3.8) is 0 Å². The van der Waals surface area contributed by atoms with E-state index >= 15 is 0 Å². The predicted molar refractivity (Wildman–Crippen MR) is 65.0 cm³/mol. The third kappa shape index (κ3) is 2.60. The number of carbonyl (C=O) groups is 1. The molecule has 1 aromatic carbocycles. The van der Waals surface area contributed by atoms with E-state index in [2.05, 4.69) is 4.98 Å². The summed E-state index contributed by atoms with van der Waals surface area (Å²) in [7, 11) is -3.37. The number of halogens is 1. The van der Waals surface area contributed by atoms with E-state index in [0.717, 1.165) is 12.3 Å². The molecule has 0 fully saturated rings. The number of aromatic carboxylic acids is 1. The van der Waals surface area contributed by atoms with E-state index in [1.165, 1.54) is 30.3 Å². The first kappa shape index (κ1) is 13.2. The standard InChI is InChI=1S/C12H9FN2O3S/c13-9-3-6-11(15-7-9)19(14,18)10-4-1-8(2-5-10)12(16)17/h1-7,14H,(H,16,17). The maximum absolute atomic E-state index is 12.7. The Hall–Kier alpha value is -2.28. The zero-order valence-corrected chi connectivity index (χ0v) is 10.4. The zero-order chi connectivity index (χ0) is 14.0. The molecule has 0 bridgehead atoms. The Labute approximate surface area is 108 Å². The number of hydrogen-bond acceptors (Lipinski definition) is 4. The lowest BCUT2D eigenvalue weighted by atomic mass is 10.2. The molecule has 2 N–H and O–H groups in total. The van der Waals surface area contributed by atoms with Crippen LogP contribution in [0.1, 0.15) is 10.4 Å². The topological polar surface area (TPSA) is 91.1 Å². The molecule has 0 aliphatic rings. The molecular weight excluding hydrogens is 271 g/mol. The van der Waals surface area contributed by atoms with E-state index in [4.69, 9.17) is 9.89 Å². The number of carboxylic acid groups (broad SMARTS) is 1. The molecule has 0 spiro atoms. The molecule has 1 heterocycles. The van der Waals surface area contributed by atoms with E-state index in [1.54, 1.807) is 0 Å². The molecule has 19 heavy (non-hydrogen) atoms. The van der Waals surface area contributed by atoms with Gasteiger partial charge in [-0.3, -0.25) is 0 Å². The van der Waals surface area contributed by atoms with Gasteiger partial charge in [0.05, 0.1) is 16.7 Å². The second kappa shape index (κ2) is 4.77. The molecule has 98 valence electrons. The Morgan fingerprint density at radius 3 is 2.32 bits per heavy atom. The summed E-state index contributed by atoms with van der Waals surface area (Å²) in [6, 6.07) is 7.36. The van der Waals surface area contributed by atoms with Crippen LogP contribution in [0.2, 0.25) is 0 Å². The second-order valence-corrected chi connectivity index (χ2v) is 5.70. The van der Waals surface area contributed by atoms with Crippen LogP contribution in [0.4, 0.5) is 4.39 Å². The fourth-order valence-electron chi connectivity index (χ4n) is 1.44. The first-order valence-corrected chi connectivity index (χ1v) is 6.71. The molecule has 1 atom stereocenters. The van der Waals surface area contributed by atoms with E-state index < -0.39 is 21.5 Å². The van der Waals surface area contributed by atoms with Crippen LogP contribution >= 0.6 is 0 Å². The molecule has 0 amide bonds. The van der Waals surface area contributed by atoms with Crippen LogP contribution in [0.3, 0.4) is 0 Å². The highest BCUT2D eigenvalue weighted by Gasteiger charge is 2.15. The quantitative estimate of drug-likeness (QED) is 0.903. The molecule has 0 saturated heterocycles. The molecule has 0 aliphatic carbocycles. The predicted octanol–water partition coefficient (Wildman–Crippen LogP) is 2.38. The van der Waals surface area contributed by atoms with Gasteiger partial charge in [0.2, 0.25) is 0 Å². The number of nitrogens with one attached hydrogen (secondary N) is 1. The summed E-state index contributed by atoms with van der Waals surface area (Å²) >= 11 is 0. The average molecular weight is 280 g/mol. The van der Waals surface area contributed by atoms with Crippen molar-refractivity contribution >= 4 is 15.7 Å². The molecule has 0 radical (unpaired) electrons. The van der Waals surface area contributed by atoms with Crippen molar-refractivity contribution in [1.82, 2.24) is 4.98 Å². The SMILES string of the molecule is N=S(=O)(c1ccc(C(=O)O)cc1)c1ccc(F)cn1. The number of aromatic nitrogens is 1. The Morgan fingerprint density at radius 2 is 1.84 bits per heavy atom. The van der Waals surface area contributed by atoms with E-state index in [-0.39, 0.29) is 15.5 Å². The number of pyridine rings is 1. The van der Waals surface area contributed by atoms with Gasteiger partial charge < -0.3 is 5.11 Å². The Bertz CT molecular complexity index is 710. The molecule has 2 rings (SSSR count). The monoisotopic (exact) mass is 280 g/mol. The van der Waals surface area contributed by atoms with Crippen LogP contribution in [-0.2, 0) is 9.73 Å². The Kier molecular flexibility index (Phi) is 3.30. The Morgan fingerprint density at radius 1 is 1.21 bits per heavy atom. The van der Waals surface area contributed by atoms with Crippen molar-refractivity contribution in [3.05, 3.63) is 54.0 Å². The number of carboxylic acids is 1. The fraction of sp³-hybridized carbons (Fsp3) is 0. The third-order valence-electron chi connectivity index (χ3n) is 2.43. The van der Waals surface area contributed by atoms with Crippen molar-refractivity contribution in [3.8, 4) is 0 Å². The van der Waals surface area contributed by atoms with Gasteiger partial charge in [0, 0.05) is 0 Å². The lowest BCUT2D eigenvalue weighted by Gasteiger charge is -2.07. The van der Waals surface area contributed by atoms with Crippen molar-refractivity contribution in [2.45, 2.75) is 9.92 Å². The van der Waals surface area contributed by atoms with Gasteiger partial charge in [0.25, 0.3) is 0 Å². The minimum Gasteiger partial charge on any atom is -0.478 e. The van der Waals surface area contributed by atoms with Crippen molar-refractivity contribution in [1.29, 1.82) is 4.78 Å². The van der Waals surface area contributed by atoms with Crippen LogP contribution in [-0.4, -0.2) is 20.3 Å². The van der Waals surface area contributed by atoms with Gasteiger partial charge in [-0.15, -0.1) is 0 Å². The largest absolute Gasteiger partial charge is 0.478 e. The first-order valence-electron chi connectivity index (χ1n) is 5.15. The molecule has 2 aromatic rings. The van der Waals surface area contributed by atoms with Crippen LogP contribution < -0.4 is 0 Å². The number of rotatable bonds is 3. The van der Waals surface area contributed by atoms with Crippen LogP contribution in [0.25, 0.3) is 0 Å². The van der Waals surface area contributed by atoms with E-state index in [0.29, 0.717) is 0 Å². The molecule has 7 heteroatoms. The van der Waals surface area contributed by atoms with Crippen LogP contribution in [0.5, 0.6) is 0 Å². The average Bonchev–Trinajstić information content (AvgIpc) is 2.39. The fourth-order valence-corrected chi connectivity index (χ4v) is 2.66. The number of nitrogens with zero attached hydrogens (tertiary/aromatic N) is 1. The Balaban J connectivity index is 2.44. The maximum Gasteiger partial charge on any atom is 0.335 e. The van der Waals surface area contributed by atoms with Crippen LogP contribution in [0, 0.1) is 10.6 Å². The molecule has 0 saturated carbocycles. The summed E-state index contributed by atoms with van der Waals surface area (Å²) in [4.78, 5) is 14.4. The van der Waals surface area contributed by atoms with Crippen molar-refractivity contribution in [2.75, 3.05) is 0 Å². The molecule has 1 aromatic heterocycles. The zero-order valence-electron chi connectivity index (χ0n) is 9.54. The normalized spacial score (nSPS) is 13.7. The van der Waals surface area contributed by atoms with Gasteiger partial charge in [-0.25, -0.2) is 23.2 Å². The summed E-state index contributed by atoms with van der Waals surface area (Å²) < 4.78 is 32.9. The molecular formula is C12H9FN2O3S. The highest BCUT2D eigenvalue weighted by atomic mass is 32.2. The molecule has 0 aliphatic heterocycles. The van der Waals surface area contributed by atoms with Crippen molar-refractivity contribution < 1.29 is 18.5 Å². The lowest BCUT2D eigenvalue weighted by Crippen LogP contribution is -2.04. The molecule has 5 nitrogen and oxygen atoms in total. The summed E-state index contributed by atoms with van der Waals surface area (Å²) in [6.45, 7) is 0.